The van der Waals surface area contributed by atoms with Gasteiger partial charge in [-0.15, -0.1) is 0 Å². The van der Waals surface area contributed by atoms with Crippen molar-refractivity contribution >= 4 is 10.9 Å². The molecule has 6 heteroatoms. The number of aromatic nitrogens is 3. The van der Waals surface area contributed by atoms with Crippen molar-refractivity contribution < 1.29 is 4.74 Å². The molecule has 0 amide bonds. The molecule has 3 heterocycles. The first-order chi connectivity index (χ1) is 12.7. The fourth-order valence-corrected chi connectivity index (χ4v) is 3.45. The van der Waals surface area contributed by atoms with Gasteiger partial charge in [0.2, 0.25) is 0 Å². The number of H-pyrrole nitrogens is 1. The molecule has 4 rings (SSSR count). The smallest absolute Gasteiger partial charge is 0.136 e. The van der Waals surface area contributed by atoms with E-state index in [-0.39, 0.29) is 6.10 Å². The fourth-order valence-electron chi connectivity index (χ4n) is 3.45. The zero-order chi connectivity index (χ0) is 17.9. The van der Waals surface area contributed by atoms with Gasteiger partial charge in [-0.25, -0.2) is 4.98 Å². The van der Waals surface area contributed by atoms with E-state index in [9.17, 15) is 0 Å². The Morgan fingerprint density at radius 3 is 3.08 bits per heavy atom. The maximum absolute atomic E-state index is 5.96. The normalized spacial score (nSPS) is 18.7. The molecule has 26 heavy (non-hydrogen) atoms. The van der Waals surface area contributed by atoms with E-state index in [1.807, 2.05) is 18.5 Å². The molecule has 0 bridgehead atoms. The van der Waals surface area contributed by atoms with E-state index in [1.165, 1.54) is 10.9 Å². The number of hydrogen-bond acceptors (Lipinski definition) is 5. The van der Waals surface area contributed by atoms with Crippen molar-refractivity contribution in [3.8, 4) is 0 Å². The lowest BCUT2D eigenvalue weighted by Gasteiger charge is -2.32. The van der Waals surface area contributed by atoms with Crippen LogP contribution >= 0.6 is 0 Å². The summed E-state index contributed by atoms with van der Waals surface area (Å²) in [6, 6.07) is 10.6. The number of pyridine rings is 1. The second kappa shape index (κ2) is 7.53. The van der Waals surface area contributed by atoms with Crippen LogP contribution in [0.3, 0.4) is 0 Å². The molecule has 0 spiro atoms. The van der Waals surface area contributed by atoms with Gasteiger partial charge in [-0.2, -0.15) is 0 Å². The number of imidazole rings is 1. The summed E-state index contributed by atoms with van der Waals surface area (Å²) >= 11 is 0. The molecule has 1 aromatic carbocycles. The summed E-state index contributed by atoms with van der Waals surface area (Å²) in [6.07, 6.45) is 3.75. The molecule has 1 fully saturated rings. The van der Waals surface area contributed by atoms with Crippen molar-refractivity contribution in [2.45, 2.75) is 19.2 Å². The molecule has 0 saturated carbocycles. The largest absolute Gasteiger partial charge is 0.368 e. The molecule has 1 atom stereocenters. The van der Waals surface area contributed by atoms with E-state index in [0.29, 0.717) is 0 Å². The molecule has 1 saturated heterocycles. The number of hydrogen-bond donors (Lipinski definition) is 1. The number of fused-ring (bicyclic) bond motifs is 1. The Hall–Kier alpha value is -2.28. The Labute approximate surface area is 153 Å². The summed E-state index contributed by atoms with van der Waals surface area (Å²) < 4.78 is 5.96. The highest BCUT2D eigenvalue weighted by Gasteiger charge is 2.24. The molecule has 1 aliphatic rings. The van der Waals surface area contributed by atoms with E-state index in [2.05, 4.69) is 63.1 Å². The predicted molar refractivity (Wildman–Crippen MR) is 102 cm³/mol. The van der Waals surface area contributed by atoms with Gasteiger partial charge < -0.3 is 14.6 Å². The Bertz CT molecular complexity index is 875. The highest BCUT2D eigenvalue weighted by molar-refractivity contribution is 5.78. The molecule has 0 unspecified atom stereocenters. The van der Waals surface area contributed by atoms with Crippen molar-refractivity contribution in [3.05, 3.63) is 59.8 Å². The van der Waals surface area contributed by atoms with Gasteiger partial charge >= 0.3 is 0 Å². The van der Waals surface area contributed by atoms with Gasteiger partial charge in [0.05, 0.1) is 12.1 Å². The molecule has 136 valence electrons. The van der Waals surface area contributed by atoms with E-state index in [0.717, 1.165) is 49.8 Å². The molecule has 0 aliphatic carbocycles. The monoisotopic (exact) mass is 351 g/mol. The summed E-state index contributed by atoms with van der Waals surface area (Å²) in [4.78, 5) is 16.9. The molecule has 6 nitrogen and oxygen atoms in total. The van der Waals surface area contributed by atoms with Crippen LogP contribution in [0.25, 0.3) is 10.9 Å². The van der Waals surface area contributed by atoms with E-state index < -0.39 is 0 Å². The lowest BCUT2D eigenvalue weighted by atomic mass is 10.1. The maximum atomic E-state index is 5.96. The minimum atomic E-state index is 0.00165. The average molecular weight is 351 g/mol. The standard InChI is InChI=1S/C20H25N5O/c1-24(2)13-17-11-22-20(23-17)19-14-25(8-9-26-19)12-15-5-6-18-16(10-15)4-3-7-21-18/h3-7,10-11,19H,8-9,12-14H2,1-2H3,(H,22,23)/t19-/m0/s1. The van der Waals surface area contributed by atoms with Crippen LogP contribution < -0.4 is 0 Å². The van der Waals surface area contributed by atoms with Crippen LogP contribution in [0.15, 0.2) is 42.7 Å². The predicted octanol–water partition coefficient (Wildman–Crippen LogP) is 2.59. The number of nitrogens with zero attached hydrogens (tertiary/aromatic N) is 4. The van der Waals surface area contributed by atoms with Crippen molar-refractivity contribution in [3.63, 3.8) is 0 Å². The van der Waals surface area contributed by atoms with Crippen LogP contribution in [-0.4, -0.2) is 58.5 Å². The number of ether oxygens (including phenoxy) is 1. The van der Waals surface area contributed by atoms with Crippen molar-refractivity contribution in [1.82, 2.24) is 24.8 Å². The van der Waals surface area contributed by atoms with Gasteiger partial charge in [0.25, 0.3) is 0 Å². The third-order valence-corrected chi connectivity index (χ3v) is 4.66. The van der Waals surface area contributed by atoms with Crippen molar-refractivity contribution in [2.24, 2.45) is 0 Å². The van der Waals surface area contributed by atoms with Gasteiger partial charge in [-0.05, 0) is 37.9 Å². The topological polar surface area (TPSA) is 57.3 Å². The SMILES string of the molecule is CN(C)Cc1cnc([C@@H]2CN(Cc3ccc4ncccc4c3)CCO2)[nH]1. The van der Waals surface area contributed by atoms with Gasteiger partial charge in [0, 0.05) is 49.7 Å². The lowest BCUT2D eigenvalue weighted by Crippen LogP contribution is -2.38. The van der Waals surface area contributed by atoms with E-state index >= 15 is 0 Å². The van der Waals surface area contributed by atoms with E-state index in [1.54, 1.807) is 0 Å². The molecule has 0 radical (unpaired) electrons. The summed E-state index contributed by atoms with van der Waals surface area (Å²) in [5.74, 6) is 0.925. The first-order valence-electron chi connectivity index (χ1n) is 9.03. The third-order valence-electron chi connectivity index (χ3n) is 4.66. The van der Waals surface area contributed by atoms with Gasteiger partial charge in [0.15, 0.2) is 0 Å². The highest BCUT2D eigenvalue weighted by atomic mass is 16.5. The summed E-state index contributed by atoms with van der Waals surface area (Å²) in [6.45, 7) is 4.28. The molecular weight excluding hydrogens is 326 g/mol. The summed E-state index contributed by atoms with van der Waals surface area (Å²) in [5, 5.41) is 1.19. The number of morpholine rings is 1. The van der Waals surface area contributed by atoms with E-state index in [4.69, 9.17) is 4.74 Å². The minimum Gasteiger partial charge on any atom is -0.368 e. The first kappa shape index (κ1) is 17.1. The minimum absolute atomic E-state index is 0.00165. The van der Waals surface area contributed by atoms with Crippen LogP contribution in [0.1, 0.15) is 23.2 Å². The fraction of sp³-hybridized carbons (Fsp3) is 0.400. The van der Waals surface area contributed by atoms with Crippen molar-refractivity contribution in [1.29, 1.82) is 0 Å². The Kier molecular flexibility index (Phi) is 4.97. The Balaban J connectivity index is 1.43. The Morgan fingerprint density at radius 2 is 2.19 bits per heavy atom. The van der Waals surface area contributed by atoms with Crippen LogP contribution in [0.5, 0.6) is 0 Å². The molecule has 2 aromatic heterocycles. The molecular formula is C20H25N5O. The van der Waals surface area contributed by atoms with Crippen molar-refractivity contribution in [2.75, 3.05) is 33.8 Å². The summed E-state index contributed by atoms with van der Waals surface area (Å²) in [5.41, 5.74) is 3.46. The summed E-state index contributed by atoms with van der Waals surface area (Å²) in [7, 11) is 4.11. The second-order valence-corrected chi connectivity index (χ2v) is 7.16. The zero-order valence-corrected chi connectivity index (χ0v) is 15.4. The number of benzene rings is 1. The zero-order valence-electron chi connectivity index (χ0n) is 15.4. The molecule has 1 aliphatic heterocycles. The lowest BCUT2D eigenvalue weighted by molar-refractivity contribution is -0.0368. The number of aromatic amines is 1. The first-order valence-corrected chi connectivity index (χ1v) is 9.03. The Morgan fingerprint density at radius 1 is 1.27 bits per heavy atom. The molecule has 1 N–H and O–H groups in total. The van der Waals surface area contributed by atoms with Gasteiger partial charge in [-0.1, -0.05) is 12.1 Å². The number of nitrogens with one attached hydrogen (secondary N) is 1. The highest BCUT2D eigenvalue weighted by Crippen LogP contribution is 2.22. The molecule has 3 aromatic rings. The van der Waals surface area contributed by atoms with Crippen LogP contribution in [-0.2, 0) is 17.8 Å². The van der Waals surface area contributed by atoms with Crippen LogP contribution in [0, 0.1) is 0 Å². The maximum Gasteiger partial charge on any atom is 0.136 e. The quantitative estimate of drug-likeness (QED) is 0.766. The van der Waals surface area contributed by atoms with Crippen LogP contribution in [0.2, 0.25) is 0 Å². The number of rotatable bonds is 5. The average Bonchev–Trinajstić information content (AvgIpc) is 3.10. The van der Waals surface area contributed by atoms with Crippen LogP contribution in [0.4, 0.5) is 0 Å². The van der Waals surface area contributed by atoms with Gasteiger partial charge in [0.1, 0.15) is 11.9 Å². The second-order valence-electron chi connectivity index (χ2n) is 7.16. The van der Waals surface area contributed by atoms with Gasteiger partial charge in [-0.3, -0.25) is 9.88 Å². The third kappa shape index (κ3) is 3.93.